The van der Waals surface area contributed by atoms with Gasteiger partial charge in [-0.3, -0.25) is 9.36 Å². The van der Waals surface area contributed by atoms with E-state index in [4.69, 9.17) is 4.98 Å². The number of hydrogen-bond donors (Lipinski definition) is 0. The van der Waals surface area contributed by atoms with Crippen molar-refractivity contribution < 1.29 is 0 Å². The monoisotopic (exact) mass is 356 g/mol. The van der Waals surface area contributed by atoms with Crippen LogP contribution in [0, 0.1) is 0 Å². The van der Waals surface area contributed by atoms with Crippen LogP contribution in [0.1, 0.15) is 12.5 Å². The van der Waals surface area contributed by atoms with Crippen molar-refractivity contribution in [3.8, 4) is 5.69 Å². The molecule has 124 valence electrons. The molecule has 0 N–H and O–H groups in total. The largest absolute Gasteiger partial charge is 0.268 e. The summed E-state index contributed by atoms with van der Waals surface area (Å²) < 4.78 is 1.78. The van der Waals surface area contributed by atoms with E-state index >= 15 is 0 Å². The molecule has 0 spiro atoms. The Morgan fingerprint density at radius 2 is 1.79 bits per heavy atom. The molecule has 0 aliphatic heterocycles. The van der Waals surface area contributed by atoms with Crippen molar-refractivity contribution in [2.24, 2.45) is 0 Å². The Bertz CT molecular complexity index is 905. The molecule has 0 bridgehead atoms. The third-order valence-electron chi connectivity index (χ3n) is 3.88. The molecule has 3 rings (SSSR count). The zero-order valence-electron chi connectivity index (χ0n) is 13.9. The van der Waals surface area contributed by atoms with E-state index in [0.29, 0.717) is 5.39 Å². The predicted octanol–water partition coefficient (Wildman–Crippen LogP) is 4.40. The van der Waals surface area contributed by atoms with Crippen LogP contribution in [0.4, 0.5) is 0 Å². The van der Waals surface area contributed by atoms with Crippen LogP contribution in [-0.2, 0) is 6.42 Å². The van der Waals surface area contributed by atoms with Gasteiger partial charge in [0.15, 0.2) is 5.16 Å². The highest BCUT2D eigenvalue weighted by molar-refractivity contribution is 8.02. The molecule has 0 saturated carbocycles. The minimum absolute atomic E-state index is 0.00755. The van der Waals surface area contributed by atoms with E-state index in [0.717, 1.165) is 39.9 Å². The van der Waals surface area contributed by atoms with E-state index in [1.807, 2.05) is 42.5 Å². The Hall–Kier alpha value is -1.72. The fraction of sp³-hybridized carbons (Fsp3) is 0.263. The molecular formula is C19H20N2OS2. The smallest absolute Gasteiger partial charge is 0.266 e. The third-order valence-corrected chi connectivity index (χ3v) is 5.69. The Morgan fingerprint density at radius 3 is 2.58 bits per heavy atom. The summed E-state index contributed by atoms with van der Waals surface area (Å²) in [6.45, 7) is 2.11. The molecule has 2 aromatic carbocycles. The van der Waals surface area contributed by atoms with E-state index in [1.54, 1.807) is 28.1 Å². The first-order chi connectivity index (χ1) is 11.8. The van der Waals surface area contributed by atoms with E-state index in [1.165, 1.54) is 0 Å². The standard InChI is InChI=1S/C19H20N2OS2/c1-3-14-8-4-7-11-17(14)21-18(22)15-9-5-6-10-16(15)20-19(21)24-13-12-23-2/h4-11H,3,12-13H2,1-2H3. The van der Waals surface area contributed by atoms with Gasteiger partial charge in [0.25, 0.3) is 5.56 Å². The van der Waals surface area contributed by atoms with Gasteiger partial charge in [0.2, 0.25) is 0 Å². The zero-order valence-corrected chi connectivity index (χ0v) is 15.5. The van der Waals surface area contributed by atoms with Gasteiger partial charge >= 0.3 is 0 Å². The highest BCUT2D eigenvalue weighted by Crippen LogP contribution is 2.24. The second-order valence-corrected chi connectivity index (χ2v) is 7.42. The van der Waals surface area contributed by atoms with Crippen LogP contribution in [0.3, 0.4) is 0 Å². The summed E-state index contributed by atoms with van der Waals surface area (Å²) in [4.78, 5) is 17.9. The summed E-state index contributed by atoms with van der Waals surface area (Å²) in [7, 11) is 0. The molecule has 0 radical (unpaired) electrons. The summed E-state index contributed by atoms with van der Waals surface area (Å²) >= 11 is 3.45. The van der Waals surface area contributed by atoms with Gasteiger partial charge in [-0.2, -0.15) is 11.8 Å². The second-order valence-electron chi connectivity index (χ2n) is 5.38. The summed E-state index contributed by atoms with van der Waals surface area (Å²) in [5.74, 6) is 1.96. The SMILES string of the molecule is CCc1ccccc1-n1c(SCCSC)nc2ccccc2c1=O. The average Bonchev–Trinajstić information content (AvgIpc) is 2.62. The molecule has 0 atom stereocenters. The Kier molecular flexibility index (Phi) is 5.63. The van der Waals surface area contributed by atoms with Crippen LogP contribution < -0.4 is 5.56 Å². The molecule has 1 aromatic heterocycles. The van der Waals surface area contributed by atoms with Gasteiger partial charge < -0.3 is 0 Å². The highest BCUT2D eigenvalue weighted by Gasteiger charge is 2.14. The topological polar surface area (TPSA) is 34.9 Å². The van der Waals surface area contributed by atoms with Gasteiger partial charge in [0.1, 0.15) is 0 Å². The van der Waals surface area contributed by atoms with E-state index in [2.05, 4.69) is 19.2 Å². The van der Waals surface area contributed by atoms with Crippen LogP contribution in [0.2, 0.25) is 0 Å². The first-order valence-electron chi connectivity index (χ1n) is 7.98. The van der Waals surface area contributed by atoms with Crippen LogP contribution in [-0.4, -0.2) is 27.3 Å². The number of para-hydroxylation sites is 2. The average molecular weight is 357 g/mol. The molecule has 0 saturated heterocycles. The molecule has 0 aliphatic carbocycles. The van der Waals surface area contributed by atoms with Crippen molar-refractivity contribution in [1.29, 1.82) is 0 Å². The van der Waals surface area contributed by atoms with E-state index in [-0.39, 0.29) is 5.56 Å². The normalized spacial score (nSPS) is 11.1. The third kappa shape index (κ3) is 3.37. The molecule has 1 heterocycles. The zero-order chi connectivity index (χ0) is 16.9. The lowest BCUT2D eigenvalue weighted by Crippen LogP contribution is -2.23. The van der Waals surface area contributed by atoms with Crippen molar-refractivity contribution in [1.82, 2.24) is 9.55 Å². The molecule has 5 heteroatoms. The number of fused-ring (bicyclic) bond motifs is 1. The van der Waals surface area contributed by atoms with Crippen LogP contribution in [0.5, 0.6) is 0 Å². The minimum atomic E-state index is 0.00755. The number of aryl methyl sites for hydroxylation is 1. The number of benzene rings is 2. The van der Waals surface area contributed by atoms with Gasteiger partial charge in [-0.15, -0.1) is 0 Å². The van der Waals surface area contributed by atoms with Crippen molar-refractivity contribution in [3.05, 3.63) is 64.4 Å². The molecule has 0 unspecified atom stereocenters. The maximum atomic E-state index is 13.2. The fourth-order valence-electron chi connectivity index (χ4n) is 2.67. The molecular weight excluding hydrogens is 336 g/mol. The second kappa shape index (κ2) is 7.90. The van der Waals surface area contributed by atoms with Gasteiger partial charge in [0, 0.05) is 11.5 Å². The number of thioether (sulfide) groups is 2. The number of aromatic nitrogens is 2. The lowest BCUT2D eigenvalue weighted by Gasteiger charge is -2.15. The summed E-state index contributed by atoms with van der Waals surface area (Å²) in [6.07, 6.45) is 2.97. The molecule has 0 amide bonds. The maximum absolute atomic E-state index is 13.2. The van der Waals surface area contributed by atoms with Crippen molar-refractivity contribution in [2.75, 3.05) is 17.8 Å². The van der Waals surface area contributed by atoms with Gasteiger partial charge in [-0.25, -0.2) is 4.98 Å². The molecule has 3 aromatic rings. The lowest BCUT2D eigenvalue weighted by atomic mass is 10.1. The predicted molar refractivity (Wildman–Crippen MR) is 106 cm³/mol. The number of nitrogens with zero attached hydrogens (tertiary/aromatic N) is 2. The van der Waals surface area contributed by atoms with E-state index < -0.39 is 0 Å². The Balaban J connectivity index is 2.25. The first kappa shape index (κ1) is 17.1. The Morgan fingerprint density at radius 1 is 1.04 bits per heavy atom. The van der Waals surface area contributed by atoms with Crippen LogP contribution in [0.15, 0.2) is 58.5 Å². The minimum Gasteiger partial charge on any atom is -0.268 e. The molecule has 0 fully saturated rings. The van der Waals surface area contributed by atoms with Crippen LogP contribution >= 0.6 is 23.5 Å². The van der Waals surface area contributed by atoms with Gasteiger partial charge in [0.05, 0.1) is 16.6 Å². The van der Waals surface area contributed by atoms with Gasteiger partial charge in [-0.1, -0.05) is 49.0 Å². The Labute approximate surface area is 150 Å². The quantitative estimate of drug-likeness (QED) is 0.372. The summed E-state index contributed by atoms with van der Waals surface area (Å²) in [5, 5.41) is 1.44. The van der Waals surface area contributed by atoms with Gasteiger partial charge in [-0.05, 0) is 36.4 Å². The van der Waals surface area contributed by atoms with Crippen molar-refractivity contribution in [3.63, 3.8) is 0 Å². The van der Waals surface area contributed by atoms with Crippen LogP contribution in [0.25, 0.3) is 16.6 Å². The first-order valence-corrected chi connectivity index (χ1v) is 10.4. The van der Waals surface area contributed by atoms with Crippen molar-refractivity contribution in [2.45, 2.75) is 18.5 Å². The number of rotatable bonds is 6. The molecule has 3 nitrogen and oxygen atoms in total. The maximum Gasteiger partial charge on any atom is 0.266 e. The molecule has 0 aliphatic rings. The fourth-order valence-corrected chi connectivity index (χ4v) is 4.32. The van der Waals surface area contributed by atoms with E-state index in [9.17, 15) is 4.79 Å². The van der Waals surface area contributed by atoms with Crippen molar-refractivity contribution >= 4 is 34.4 Å². The summed E-state index contributed by atoms with van der Waals surface area (Å²) in [5.41, 5.74) is 2.87. The molecule has 24 heavy (non-hydrogen) atoms. The highest BCUT2D eigenvalue weighted by atomic mass is 32.2. The lowest BCUT2D eigenvalue weighted by molar-refractivity contribution is 0.809. The summed E-state index contributed by atoms with van der Waals surface area (Å²) in [6, 6.07) is 15.7. The number of hydrogen-bond acceptors (Lipinski definition) is 4.